The molecule has 0 spiro atoms. The summed E-state index contributed by atoms with van der Waals surface area (Å²) in [5.74, 6) is 1.13. The van der Waals surface area contributed by atoms with Crippen molar-refractivity contribution in [2.24, 2.45) is 0 Å². The second-order valence-corrected chi connectivity index (χ2v) is 5.32. The van der Waals surface area contributed by atoms with Crippen LogP contribution in [0.3, 0.4) is 0 Å². The number of hydrogen-bond donors (Lipinski definition) is 2. The van der Waals surface area contributed by atoms with Crippen LogP contribution in [0, 0.1) is 0 Å². The summed E-state index contributed by atoms with van der Waals surface area (Å²) in [5.41, 5.74) is 2.15. The largest absolute Gasteiger partial charge is 0.508 e. The summed E-state index contributed by atoms with van der Waals surface area (Å²) in [7, 11) is 0. The van der Waals surface area contributed by atoms with Gasteiger partial charge < -0.3 is 15.2 Å². The number of phenols is 1. The molecule has 20 heavy (non-hydrogen) atoms. The average molecular weight is 336 g/mol. The molecule has 0 radical (unpaired) electrons. The molecule has 0 heterocycles. The Kier molecular flexibility index (Phi) is 5.44. The lowest BCUT2D eigenvalue weighted by molar-refractivity contribution is 0.300. The van der Waals surface area contributed by atoms with Gasteiger partial charge >= 0.3 is 0 Å². The molecule has 0 unspecified atom stereocenters. The molecule has 0 aliphatic rings. The van der Waals surface area contributed by atoms with Gasteiger partial charge in [-0.2, -0.15) is 0 Å². The summed E-state index contributed by atoms with van der Waals surface area (Å²) in [6.07, 6.45) is 0. The number of benzene rings is 2. The van der Waals surface area contributed by atoms with Gasteiger partial charge in [-0.25, -0.2) is 0 Å². The van der Waals surface area contributed by atoms with E-state index in [1.54, 1.807) is 12.1 Å². The average Bonchev–Trinajstić information content (AvgIpc) is 2.46. The topological polar surface area (TPSA) is 41.5 Å². The van der Waals surface area contributed by atoms with E-state index in [0.717, 1.165) is 34.4 Å². The summed E-state index contributed by atoms with van der Waals surface area (Å²) >= 11 is 3.53. The van der Waals surface area contributed by atoms with Gasteiger partial charge in [0.15, 0.2) is 0 Å². The van der Waals surface area contributed by atoms with Crippen molar-refractivity contribution in [1.82, 2.24) is 5.32 Å². The minimum absolute atomic E-state index is 0.266. The maximum atomic E-state index is 9.27. The van der Waals surface area contributed by atoms with Gasteiger partial charge in [-0.15, -0.1) is 0 Å². The molecular weight excluding hydrogens is 318 g/mol. The first-order valence-corrected chi connectivity index (χ1v) is 7.39. The van der Waals surface area contributed by atoms with E-state index >= 15 is 0 Å². The first-order valence-electron chi connectivity index (χ1n) is 6.59. The van der Waals surface area contributed by atoms with Crippen LogP contribution in [0.2, 0.25) is 0 Å². The van der Waals surface area contributed by atoms with Crippen molar-refractivity contribution in [3.05, 3.63) is 58.1 Å². The highest BCUT2D eigenvalue weighted by Crippen LogP contribution is 2.30. The standard InChI is InChI=1S/C16H18BrNO2/c1-2-18-10-13-4-3-5-15(17)16(13)20-11-12-6-8-14(19)9-7-12/h3-9,18-19H,2,10-11H2,1H3. The van der Waals surface area contributed by atoms with Crippen LogP contribution in [-0.4, -0.2) is 11.7 Å². The monoisotopic (exact) mass is 335 g/mol. The Bertz CT molecular complexity index is 555. The lowest BCUT2D eigenvalue weighted by Gasteiger charge is -2.13. The molecule has 3 nitrogen and oxygen atoms in total. The smallest absolute Gasteiger partial charge is 0.138 e. The predicted octanol–water partition coefficient (Wildman–Crippen LogP) is 3.84. The van der Waals surface area contributed by atoms with Crippen molar-refractivity contribution >= 4 is 15.9 Å². The molecule has 0 aromatic heterocycles. The molecule has 2 N–H and O–H groups in total. The number of hydrogen-bond acceptors (Lipinski definition) is 3. The predicted molar refractivity (Wildman–Crippen MR) is 84.0 cm³/mol. The van der Waals surface area contributed by atoms with E-state index in [1.807, 2.05) is 24.3 Å². The van der Waals surface area contributed by atoms with Crippen molar-refractivity contribution in [3.63, 3.8) is 0 Å². The molecule has 0 saturated heterocycles. The van der Waals surface area contributed by atoms with E-state index in [1.165, 1.54) is 0 Å². The Morgan fingerprint density at radius 3 is 2.60 bits per heavy atom. The molecule has 2 aromatic carbocycles. The van der Waals surface area contributed by atoms with Gasteiger partial charge in [-0.1, -0.05) is 31.2 Å². The summed E-state index contributed by atoms with van der Waals surface area (Å²) in [5, 5.41) is 12.6. The first-order chi connectivity index (χ1) is 9.70. The van der Waals surface area contributed by atoms with Crippen molar-refractivity contribution in [2.45, 2.75) is 20.1 Å². The highest BCUT2D eigenvalue weighted by molar-refractivity contribution is 9.10. The molecule has 0 aliphatic carbocycles. The molecule has 0 bridgehead atoms. The van der Waals surface area contributed by atoms with Crippen molar-refractivity contribution < 1.29 is 9.84 Å². The lowest BCUT2D eigenvalue weighted by atomic mass is 10.2. The highest BCUT2D eigenvalue weighted by Gasteiger charge is 2.08. The fraction of sp³-hybridized carbons (Fsp3) is 0.250. The highest BCUT2D eigenvalue weighted by atomic mass is 79.9. The fourth-order valence-corrected chi connectivity index (χ4v) is 2.38. The second kappa shape index (κ2) is 7.31. The zero-order valence-corrected chi connectivity index (χ0v) is 13.0. The first kappa shape index (κ1) is 14.9. The summed E-state index contributed by atoms with van der Waals surface area (Å²) in [6, 6.07) is 13.1. The Hall–Kier alpha value is -1.52. The molecule has 2 aromatic rings. The molecular formula is C16H18BrNO2. The molecule has 0 saturated carbocycles. The summed E-state index contributed by atoms with van der Waals surface area (Å²) in [4.78, 5) is 0. The van der Waals surface area contributed by atoms with E-state index in [2.05, 4.69) is 34.2 Å². The van der Waals surface area contributed by atoms with Gasteiger partial charge in [0.2, 0.25) is 0 Å². The molecule has 0 fully saturated rings. The third-order valence-corrected chi connectivity index (χ3v) is 3.56. The third-order valence-electron chi connectivity index (χ3n) is 2.93. The lowest BCUT2D eigenvalue weighted by Crippen LogP contribution is -2.13. The molecule has 0 aliphatic heterocycles. The minimum atomic E-state index is 0.266. The zero-order valence-electron chi connectivity index (χ0n) is 11.4. The number of phenolic OH excluding ortho intramolecular Hbond substituents is 1. The SMILES string of the molecule is CCNCc1cccc(Br)c1OCc1ccc(O)cc1. The van der Waals surface area contributed by atoms with Crippen LogP contribution in [0.5, 0.6) is 11.5 Å². The number of nitrogens with one attached hydrogen (secondary N) is 1. The van der Waals surface area contributed by atoms with Crippen LogP contribution >= 0.6 is 15.9 Å². The molecule has 2 rings (SSSR count). The van der Waals surface area contributed by atoms with Crippen LogP contribution in [0.4, 0.5) is 0 Å². The molecule has 0 atom stereocenters. The maximum absolute atomic E-state index is 9.27. The van der Waals surface area contributed by atoms with Crippen LogP contribution in [0.25, 0.3) is 0 Å². The number of ether oxygens (including phenoxy) is 1. The van der Waals surface area contributed by atoms with Crippen LogP contribution in [-0.2, 0) is 13.2 Å². The Balaban J connectivity index is 2.09. The van der Waals surface area contributed by atoms with E-state index in [0.29, 0.717) is 6.61 Å². The number of halogens is 1. The minimum Gasteiger partial charge on any atom is -0.508 e. The maximum Gasteiger partial charge on any atom is 0.138 e. The molecule has 106 valence electrons. The van der Waals surface area contributed by atoms with E-state index in [-0.39, 0.29) is 5.75 Å². The summed E-state index contributed by atoms with van der Waals surface area (Å²) in [6.45, 7) is 4.25. The number of para-hydroxylation sites is 1. The van der Waals surface area contributed by atoms with E-state index in [4.69, 9.17) is 4.74 Å². The zero-order chi connectivity index (χ0) is 14.4. The van der Waals surface area contributed by atoms with Gasteiger partial charge in [0.1, 0.15) is 18.1 Å². The van der Waals surface area contributed by atoms with Gasteiger partial charge in [0, 0.05) is 12.1 Å². The molecule has 0 amide bonds. The number of aromatic hydroxyl groups is 1. The van der Waals surface area contributed by atoms with Gasteiger partial charge in [0.05, 0.1) is 4.47 Å². The Morgan fingerprint density at radius 2 is 1.90 bits per heavy atom. The van der Waals surface area contributed by atoms with Crippen molar-refractivity contribution in [3.8, 4) is 11.5 Å². The van der Waals surface area contributed by atoms with Crippen LogP contribution < -0.4 is 10.1 Å². The van der Waals surface area contributed by atoms with Gasteiger partial charge in [-0.05, 0) is 46.2 Å². The van der Waals surface area contributed by atoms with Crippen molar-refractivity contribution in [1.29, 1.82) is 0 Å². The Labute approximate surface area is 127 Å². The molecule has 4 heteroatoms. The summed E-state index contributed by atoms with van der Waals surface area (Å²) < 4.78 is 6.87. The normalized spacial score (nSPS) is 10.5. The number of rotatable bonds is 6. The van der Waals surface area contributed by atoms with Gasteiger partial charge in [-0.3, -0.25) is 0 Å². The van der Waals surface area contributed by atoms with E-state index in [9.17, 15) is 5.11 Å². The Morgan fingerprint density at radius 1 is 1.15 bits per heavy atom. The quantitative estimate of drug-likeness (QED) is 0.842. The van der Waals surface area contributed by atoms with Gasteiger partial charge in [0.25, 0.3) is 0 Å². The third kappa shape index (κ3) is 3.99. The van der Waals surface area contributed by atoms with Crippen LogP contribution in [0.1, 0.15) is 18.1 Å². The van der Waals surface area contributed by atoms with Crippen molar-refractivity contribution in [2.75, 3.05) is 6.54 Å². The van der Waals surface area contributed by atoms with E-state index < -0.39 is 0 Å². The second-order valence-electron chi connectivity index (χ2n) is 4.46. The fourth-order valence-electron chi connectivity index (χ4n) is 1.86. The van der Waals surface area contributed by atoms with Crippen LogP contribution in [0.15, 0.2) is 46.9 Å².